The number of halogens is 3. The molecule has 10 heteroatoms. The lowest BCUT2D eigenvalue weighted by molar-refractivity contribution is -0.192. The number of carbonyl (C=O) groups excluding carboxylic acids is 1. The molecule has 2 aliphatic heterocycles. The van der Waals surface area contributed by atoms with Gasteiger partial charge < -0.3 is 25.6 Å². The summed E-state index contributed by atoms with van der Waals surface area (Å²) in [6.07, 6.45) is 3.44. The molecule has 0 spiro atoms. The molecule has 4 N–H and O–H groups in total. The maximum Gasteiger partial charge on any atom is 0.490 e. The minimum Gasteiger partial charge on any atom is -0.475 e. The van der Waals surface area contributed by atoms with E-state index in [1.165, 1.54) is 16.7 Å². The van der Waals surface area contributed by atoms with Crippen molar-refractivity contribution in [2.24, 2.45) is 7.05 Å². The number of aryl methyl sites for hydroxylation is 1. The van der Waals surface area contributed by atoms with Crippen LogP contribution in [-0.4, -0.2) is 53.9 Å². The molecule has 0 atom stereocenters. The van der Waals surface area contributed by atoms with Crippen LogP contribution >= 0.6 is 0 Å². The summed E-state index contributed by atoms with van der Waals surface area (Å²) in [4.78, 5) is 21.6. The largest absolute Gasteiger partial charge is 0.490 e. The molecule has 0 unspecified atom stereocenters. The van der Waals surface area contributed by atoms with E-state index in [1.807, 2.05) is 36.0 Å². The zero-order chi connectivity index (χ0) is 24.7. The number of amides is 1. The summed E-state index contributed by atoms with van der Waals surface area (Å²) in [5.74, 6) is -2.83. The third kappa shape index (κ3) is 6.82. The molecule has 0 radical (unpaired) electrons. The zero-order valence-corrected chi connectivity index (χ0v) is 18.7. The first-order chi connectivity index (χ1) is 16.1. The second-order valence-electron chi connectivity index (χ2n) is 7.93. The van der Waals surface area contributed by atoms with Gasteiger partial charge in [0.2, 0.25) is 0 Å². The summed E-state index contributed by atoms with van der Waals surface area (Å²) in [5, 5.41) is 16.8. The summed E-state index contributed by atoms with van der Waals surface area (Å²) < 4.78 is 33.6. The smallest absolute Gasteiger partial charge is 0.475 e. The number of benzene rings is 1. The highest BCUT2D eigenvalue weighted by Crippen LogP contribution is 2.24. The van der Waals surface area contributed by atoms with Crippen LogP contribution in [-0.2, 0) is 11.8 Å². The number of nitrogens with one attached hydrogen (secondary N) is 3. The van der Waals surface area contributed by atoms with E-state index in [9.17, 15) is 18.0 Å². The van der Waals surface area contributed by atoms with E-state index in [-0.39, 0.29) is 5.91 Å². The van der Waals surface area contributed by atoms with Gasteiger partial charge >= 0.3 is 12.1 Å². The lowest BCUT2D eigenvalue weighted by atomic mass is 10.00. The first-order valence-corrected chi connectivity index (χ1v) is 10.8. The molecule has 1 aromatic heterocycles. The van der Waals surface area contributed by atoms with Gasteiger partial charge in [0.1, 0.15) is 5.69 Å². The van der Waals surface area contributed by atoms with Crippen LogP contribution in [0.2, 0.25) is 0 Å². The minimum absolute atomic E-state index is 0.0767. The SMILES string of the molecule is Cn1cc(C2=CCNCC2)cc1C(=O)Nc1ccc(C2=CCNCC2)cc1.O=C(O)C(F)(F)F. The van der Waals surface area contributed by atoms with Crippen LogP contribution in [0, 0.1) is 0 Å². The normalized spacial score (nSPS) is 16.0. The number of aromatic nitrogens is 1. The van der Waals surface area contributed by atoms with Gasteiger partial charge in [-0.1, -0.05) is 24.3 Å². The number of carboxylic acid groups (broad SMARTS) is 1. The van der Waals surface area contributed by atoms with E-state index in [0.717, 1.165) is 50.3 Å². The number of hydrogen-bond acceptors (Lipinski definition) is 4. The summed E-state index contributed by atoms with van der Waals surface area (Å²) >= 11 is 0. The number of alkyl halides is 3. The molecule has 4 rings (SSSR count). The molecule has 7 nitrogen and oxygen atoms in total. The third-order valence-corrected chi connectivity index (χ3v) is 5.49. The highest BCUT2D eigenvalue weighted by atomic mass is 19.4. The molecule has 0 saturated heterocycles. The quantitative estimate of drug-likeness (QED) is 0.540. The van der Waals surface area contributed by atoms with Crippen molar-refractivity contribution >= 4 is 28.7 Å². The van der Waals surface area contributed by atoms with Gasteiger partial charge in [-0.05, 0) is 66.4 Å². The van der Waals surface area contributed by atoms with E-state index in [2.05, 4.69) is 40.2 Å². The Balaban J connectivity index is 0.000000406. The Bertz CT molecular complexity index is 1090. The standard InChI is InChI=1S/C22H26N4O.C2HF3O2/c1-26-15-19(18-8-12-24-13-9-18)14-21(26)22(27)25-20-4-2-16(3-5-20)17-6-10-23-11-7-17;3-2(4,5)1(6)7/h2-6,8,14-15,23-24H,7,9-13H2,1H3,(H,25,27);(H,6,7). The molecule has 0 bridgehead atoms. The Morgan fingerprint density at radius 3 is 1.97 bits per heavy atom. The van der Waals surface area contributed by atoms with Crippen molar-refractivity contribution in [3.63, 3.8) is 0 Å². The summed E-state index contributed by atoms with van der Waals surface area (Å²) in [7, 11) is 1.92. The van der Waals surface area contributed by atoms with Crippen LogP contribution in [0.1, 0.15) is 34.5 Å². The maximum absolute atomic E-state index is 12.7. The first-order valence-electron chi connectivity index (χ1n) is 10.8. The minimum atomic E-state index is -5.08. The first kappa shape index (κ1) is 25.3. The molecular formula is C24H27F3N4O3. The van der Waals surface area contributed by atoms with Crippen molar-refractivity contribution in [2.45, 2.75) is 19.0 Å². The van der Waals surface area contributed by atoms with Crippen molar-refractivity contribution < 1.29 is 27.9 Å². The lowest BCUT2D eigenvalue weighted by Crippen LogP contribution is -2.21. The Morgan fingerprint density at radius 2 is 1.50 bits per heavy atom. The molecule has 34 heavy (non-hydrogen) atoms. The van der Waals surface area contributed by atoms with Gasteiger partial charge in [-0.3, -0.25) is 4.79 Å². The molecular weight excluding hydrogens is 449 g/mol. The number of carboxylic acids is 1. The summed E-state index contributed by atoms with van der Waals surface area (Å²) in [6.45, 7) is 3.83. The van der Waals surface area contributed by atoms with Crippen molar-refractivity contribution in [1.29, 1.82) is 0 Å². The van der Waals surface area contributed by atoms with Gasteiger partial charge in [-0.15, -0.1) is 0 Å². The number of hydrogen-bond donors (Lipinski definition) is 4. The second kappa shape index (κ2) is 11.2. The molecule has 0 aliphatic carbocycles. The van der Waals surface area contributed by atoms with Gasteiger partial charge in [0.15, 0.2) is 0 Å². The molecule has 1 amide bonds. The molecule has 3 heterocycles. The summed E-state index contributed by atoms with van der Waals surface area (Å²) in [6, 6.07) is 10.1. The number of anilines is 1. The molecule has 2 aliphatic rings. The van der Waals surface area contributed by atoms with Crippen LogP contribution in [0.25, 0.3) is 11.1 Å². The number of aliphatic carboxylic acids is 1. The molecule has 1 aromatic carbocycles. The van der Waals surface area contributed by atoms with E-state index >= 15 is 0 Å². The fraction of sp³-hybridized carbons (Fsp3) is 0.333. The fourth-order valence-electron chi connectivity index (χ4n) is 3.70. The van der Waals surface area contributed by atoms with Crippen LogP contribution in [0.15, 0.2) is 48.7 Å². The predicted molar refractivity (Wildman–Crippen MR) is 124 cm³/mol. The van der Waals surface area contributed by atoms with Crippen molar-refractivity contribution in [1.82, 2.24) is 15.2 Å². The van der Waals surface area contributed by atoms with Gasteiger partial charge in [-0.2, -0.15) is 13.2 Å². The number of carbonyl (C=O) groups is 2. The third-order valence-electron chi connectivity index (χ3n) is 5.49. The zero-order valence-electron chi connectivity index (χ0n) is 18.7. The van der Waals surface area contributed by atoms with Crippen LogP contribution < -0.4 is 16.0 Å². The van der Waals surface area contributed by atoms with Gasteiger partial charge in [0.05, 0.1) is 0 Å². The second-order valence-corrected chi connectivity index (χ2v) is 7.93. The Hall–Kier alpha value is -3.37. The Kier molecular flexibility index (Phi) is 8.30. The summed E-state index contributed by atoms with van der Waals surface area (Å²) in [5.41, 5.74) is 6.54. The average Bonchev–Trinajstić information content (AvgIpc) is 3.22. The van der Waals surface area contributed by atoms with Crippen molar-refractivity contribution in [3.8, 4) is 0 Å². The average molecular weight is 476 g/mol. The van der Waals surface area contributed by atoms with E-state index < -0.39 is 12.1 Å². The van der Waals surface area contributed by atoms with Crippen molar-refractivity contribution in [3.05, 3.63) is 65.5 Å². The van der Waals surface area contributed by atoms with E-state index in [1.54, 1.807) is 0 Å². The van der Waals surface area contributed by atoms with Gasteiger partial charge in [0, 0.05) is 32.0 Å². The molecule has 182 valence electrons. The maximum atomic E-state index is 12.7. The number of rotatable bonds is 4. The fourth-order valence-corrected chi connectivity index (χ4v) is 3.70. The molecule has 0 fully saturated rings. The monoisotopic (exact) mass is 476 g/mol. The van der Waals surface area contributed by atoms with E-state index in [0.29, 0.717) is 5.69 Å². The van der Waals surface area contributed by atoms with Crippen LogP contribution in [0.4, 0.5) is 18.9 Å². The van der Waals surface area contributed by atoms with Crippen LogP contribution in [0.5, 0.6) is 0 Å². The van der Waals surface area contributed by atoms with E-state index in [4.69, 9.17) is 9.90 Å². The van der Waals surface area contributed by atoms with Crippen LogP contribution in [0.3, 0.4) is 0 Å². The van der Waals surface area contributed by atoms with Gasteiger partial charge in [0.25, 0.3) is 5.91 Å². The predicted octanol–water partition coefficient (Wildman–Crippen LogP) is 3.66. The van der Waals surface area contributed by atoms with Gasteiger partial charge in [-0.25, -0.2) is 4.79 Å². The highest BCUT2D eigenvalue weighted by molar-refractivity contribution is 6.03. The molecule has 2 aromatic rings. The van der Waals surface area contributed by atoms with Crippen molar-refractivity contribution in [2.75, 3.05) is 31.5 Å². The molecule has 0 saturated carbocycles. The highest BCUT2D eigenvalue weighted by Gasteiger charge is 2.38. The Labute approximate surface area is 195 Å². The topological polar surface area (TPSA) is 95.4 Å². The Morgan fingerprint density at radius 1 is 0.971 bits per heavy atom. The number of nitrogens with zero attached hydrogens (tertiary/aromatic N) is 1. The lowest BCUT2D eigenvalue weighted by Gasteiger charge is -2.14.